The van der Waals surface area contributed by atoms with E-state index in [9.17, 15) is 4.79 Å². The van der Waals surface area contributed by atoms with Crippen LogP contribution in [0.4, 0.5) is 5.69 Å². The van der Waals surface area contributed by atoms with E-state index in [0.29, 0.717) is 6.04 Å². The summed E-state index contributed by atoms with van der Waals surface area (Å²) in [4.78, 5) is 17.4. The molecule has 6 heteroatoms. The van der Waals surface area contributed by atoms with E-state index in [2.05, 4.69) is 26.8 Å². The van der Waals surface area contributed by atoms with Gasteiger partial charge >= 0.3 is 0 Å². The molecule has 0 N–H and O–H groups in total. The number of hydrogen-bond donors (Lipinski definition) is 0. The van der Waals surface area contributed by atoms with Crippen LogP contribution in [0.3, 0.4) is 0 Å². The van der Waals surface area contributed by atoms with Gasteiger partial charge in [-0.15, -0.1) is 0 Å². The summed E-state index contributed by atoms with van der Waals surface area (Å²) in [6.07, 6.45) is 8.08. The molecule has 0 radical (unpaired) electrons. The fourth-order valence-corrected chi connectivity index (χ4v) is 4.66. The maximum Gasteiger partial charge on any atom is 0.244 e. The maximum atomic E-state index is 13.1. The minimum absolute atomic E-state index is 0.0105. The van der Waals surface area contributed by atoms with E-state index in [1.165, 1.54) is 12.0 Å². The molecule has 23 heavy (non-hydrogen) atoms. The van der Waals surface area contributed by atoms with E-state index >= 15 is 0 Å². The van der Waals surface area contributed by atoms with Crippen LogP contribution in [0.5, 0.6) is 0 Å². The lowest BCUT2D eigenvalue weighted by molar-refractivity contribution is -0.125. The Bertz CT molecular complexity index is 681. The molecule has 0 saturated carbocycles. The first-order chi connectivity index (χ1) is 11.2. The van der Waals surface area contributed by atoms with E-state index in [1.807, 2.05) is 18.1 Å². The van der Waals surface area contributed by atoms with Crippen LogP contribution in [0.15, 0.2) is 29.2 Å². The highest BCUT2D eigenvalue weighted by Gasteiger charge is 2.39. The normalized spacial score (nSPS) is 26.1. The number of thiophene rings is 1. The summed E-state index contributed by atoms with van der Waals surface area (Å²) in [7, 11) is 1.89. The first-order valence-electron chi connectivity index (χ1n) is 8.32. The fraction of sp³-hybridized carbons (Fsp3) is 0.529. The lowest BCUT2D eigenvalue weighted by Gasteiger charge is -2.38. The van der Waals surface area contributed by atoms with Crippen molar-refractivity contribution in [2.24, 2.45) is 7.05 Å². The molecule has 4 heterocycles. The predicted molar refractivity (Wildman–Crippen MR) is 91.6 cm³/mol. The van der Waals surface area contributed by atoms with Crippen molar-refractivity contribution in [3.05, 3.63) is 34.8 Å². The molecule has 2 fully saturated rings. The van der Waals surface area contributed by atoms with Crippen LogP contribution in [0.25, 0.3) is 0 Å². The van der Waals surface area contributed by atoms with E-state index in [0.717, 1.165) is 38.0 Å². The number of likely N-dealkylation sites (tertiary alicyclic amines) is 1. The molecule has 2 aliphatic heterocycles. The summed E-state index contributed by atoms with van der Waals surface area (Å²) in [5.74, 6) is 0.242. The third-order valence-corrected chi connectivity index (χ3v) is 5.74. The van der Waals surface area contributed by atoms with Gasteiger partial charge in [-0.1, -0.05) is 0 Å². The number of anilines is 1. The van der Waals surface area contributed by atoms with Crippen molar-refractivity contribution in [1.29, 1.82) is 0 Å². The number of aryl methyl sites for hydroxylation is 1. The van der Waals surface area contributed by atoms with Crippen LogP contribution in [0, 0.1) is 0 Å². The average molecular weight is 330 g/mol. The van der Waals surface area contributed by atoms with E-state index in [-0.39, 0.29) is 11.9 Å². The number of hydrogen-bond acceptors (Lipinski definition) is 4. The number of carbonyl (C=O) groups excluding carboxylic acids is 1. The molecule has 0 unspecified atom stereocenters. The third-order valence-electron chi connectivity index (χ3n) is 5.04. The van der Waals surface area contributed by atoms with Crippen molar-refractivity contribution in [2.45, 2.75) is 37.8 Å². The van der Waals surface area contributed by atoms with Gasteiger partial charge in [0, 0.05) is 25.8 Å². The standard InChI is InChI=1S/C17H22N4OS/c1-19-11-14(10-18-19)20-7-3-5-16(17(20)22)21-8-2-4-15(21)13-6-9-23-12-13/h6,9-12,15-16H,2-5,7-8H2,1H3/t15-,16-/m0/s1. The molecular formula is C17H22N4OS. The quantitative estimate of drug-likeness (QED) is 0.869. The maximum absolute atomic E-state index is 13.1. The predicted octanol–water partition coefficient (Wildman–Crippen LogP) is 2.81. The van der Waals surface area contributed by atoms with Crippen molar-refractivity contribution in [2.75, 3.05) is 18.0 Å². The van der Waals surface area contributed by atoms with E-state index in [1.54, 1.807) is 22.2 Å². The summed E-state index contributed by atoms with van der Waals surface area (Å²) in [5.41, 5.74) is 2.30. The third kappa shape index (κ3) is 2.70. The Morgan fingerprint density at radius 3 is 2.78 bits per heavy atom. The minimum Gasteiger partial charge on any atom is -0.308 e. The summed E-state index contributed by atoms with van der Waals surface area (Å²) in [6.45, 7) is 1.83. The zero-order valence-corrected chi connectivity index (χ0v) is 14.2. The summed E-state index contributed by atoms with van der Waals surface area (Å²) < 4.78 is 1.76. The molecule has 2 aliphatic rings. The smallest absolute Gasteiger partial charge is 0.244 e. The Kier molecular flexibility index (Phi) is 3.95. The molecule has 2 aromatic rings. The number of nitrogens with zero attached hydrogens (tertiary/aromatic N) is 4. The first-order valence-corrected chi connectivity index (χ1v) is 9.26. The highest BCUT2D eigenvalue weighted by atomic mass is 32.1. The summed E-state index contributed by atoms with van der Waals surface area (Å²) in [6, 6.07) is 2.63. The molecule has 0 aromatic carbocycles. The van der Waals surface area contributed by atoms with Crippen LogP contribution < -0.4 is 4.90 Å². The monoisotopic (exact) mass is 330 g/mol. The van der Waals surface area contributed by atoms with Gasteiger partial charge in [0.1, 0.15) is 0 Å². The molecular weight excluding hydrogens is 308 g/mol. The Labute approximate surface area is 140 Å². The number of piperidine rings is 1. The van der Waals surface area contributed by atoms with Crippen molar-refractivity contribution < 1.29 is 4.79 Å². The van der Waals surface area contributed by atoms with Gasteiger partial charge in [-0.05, 0) is 54.6 Å². The van der Waals surface area contributed by atoms with Crippen LogP contribution in [0.2, 0.25) is 0 Å². The molecule has 1 amide bonds. The fourth-order valence-electron chi connectivity index (χ4n) is 3.95. The Hall–Kier alpha value is -1.66. The molecule has 2 saturated heterocycles. The van der Waals surface area contributed by atoms with Crippen molar-refractivity contribution in [3.8, 4) is 0 Å². The van der Waals surface area contributed by atoms with Crippen molar-refractivity contribution in [1.82, 2.24) is 14.7 Å². The largest absolute Gasteiger partial charge is 0.308 e. The lowest BCUT2D eigenvalue weighted by Crippen LogP contribution is -2.52. The molecule has 2 atom stereocenters. The highest BCUT2D eigenvalue weighted by Crippen LogP contribution is 2.37. The summed E-state index contributed by atoms with van der Waals surface area (Å²) in [5, 5.41) is 8.58. The zero-order valence-electron chi connectivity index (χ0n) is 13.4. The molecule has 5 nitrogen and oxygen atoms in total. The molecule has 0 aliphatic carbocycles. The van der Waals surface area contributed by atoms with Gasteiger partial charge in [0.25, 0.3) is 0 Å². The van der Waals surface area contributed by atoms with Gasteiger partial charge < -0.3 is 4.90 Å². The Morgan fingerprint density at radius 1 is 1.22 bits per heavy atom. The highest BCUT2D eigenvalue weighted by molar-refractivity contribution is 7.07. The van der Waals surface area contributed by atoms with E-state index in [4.69, 9.17) is 0 Å². The average Bonchev–Trinajstić information content (AvgIpc) is 3.28. The molecule has 0 bridgehead atoms. The van der Waals surface area contributed by atoms with Gasteiger partial charge in [-0.25, -0.2) is 0 Å². The van der Waals surface area contributed by atoms with Crippen molar-refractivity contribution >= 4 is 22.9 Å². The zero-order chi connectivity index (χ0) is 15.8. The van der Waals surface area contributed by atoms with Crippen LogP contribution in [-0.2, 0) is 11.8 Å². The topological polar surface area (TPSA) is 41.4 Å². The van der Waals surface area contributed by atoms with Crippen LogP contribution >= 0.6 is 11.3 Å². The molecule has 4 rings (SSSR count). The second-order valence-corrected chi connectivity index (χ2v) is 7.25. The number of rotatable bonds is 3. The Morgan fingerprint density at radius 2 is 2.04 bits per heavy atom. The van der Waals surface area contributed by atoms with Gasteiger partial charge in [-0.3, -0.25) is 14.4 Å². The minimum atomic E-state index is 0.0105. The second-order valence-electron chi connectivity index (χ2n) is 6.47. The van der Waals surface area contributed by atoms with Gasteiger partial charge in [0.05, 0.1) is 17.9 Å². The number of carbonyl (C=O) groups is 1. The summed E-state index contributed by atoms with van der Waals surface area (Å²) >= 11 is 1.74. The number of aromatic nitrogens is 2. The SMILES string of the molecule is Cn1cc(N2CCC[C@H](N3CCC[C@H]3c3ccsc3)C2=O)cn1. The molecule has 2 aromatic heterocycles. The molecule has 122 valence electrons. The van der Waals surface area contributed by atoms with Crippen molar-refractivity contribution in [3.63, 3.8) is 0 Å². The Balaban J connectivity index is 1.57. The van der Waals surface area contributed by atoms with Crippen LogP contribution in [-0.4, -0.2) is 39.7 Å². The molecule has 0 spiro atoms. The first kappa shape index (κ1) is 14.9. The van der Waals surface area contributed by atoms with Gasteiger partial charge in [0.15, 0.2) is 0 Å². The second kappa shape index (κ2) is 6.09. The van der Waals surface area contributed by atoms with Crippen LogP contribution in [0.1, 0.15) is 37.3 Å². The lowest BCUT2D eigenvalue weighted by atomic mass is 10.00. The van der Waals surface area contributed by atoms with E-state index < -0.39 is 0 Å². The number of amides is 1. The van der Waals surface area contributed by atoms with Gasteiger partial charge in [0.2, 0.25) is 5.91 Å². The van der Waals surface area contributed by atoms with Gasteiger partial charge in [-0.2, -0.15) is 16.4 Å².